The third kappa shape index (κ3) is 2.41. The number of anilines is 2. The minimum atomic E-state index is 0.593. The summed E-state index contributed by atoms with van der Waals surface area (Å²) in [5.74, 6) is 0.792. The van der Waals surface area contributed by atoms with E-state index in [4.69, 9.17) is 5.73 Å². The molecule has 88 valence electrons. The number of likely N-dealkylation sites (N-methyl/N-ethyl adjacent to an activating group) is 1. The van der Waals surface area contributed by atoms with Crippen molar-refractivity contribution in [1.29, 1.82) is 0 Å². The number of hydrogen-bond donors (Lipinski definition) is 1. The lowest BCUT2D eigenvalue weighted by molar-refractivity contribution is 0.257. The summed E-state index contributed by atoms with van der Waals surface area (Å²) in [5.41, 5.74) is 6.20. The van der Waals surface area contributed by atoms with Crippen LogP contribution in [0.15, 0.2) is 12.4 Å². The van der Waals surface area contributed by atoms with Gasteiger partial charge in [0.1, 0.15) is 0 Å². The van der Waals surface area contributed by atoms with Crippen molar-refractivity contribution in [3.8, 4) is 0 Å². The zero-order valence-electron chi connectivity index (χ0n) is 9.93. The molecule has 0 spiro atoms. The molecule has 1 aromatic heterocycles. The average molecular weight is 221 g/mol. The molecule has 16 heavy (non-hydrogen) atoms. The van der Waals surface area contributed by atoms with Crippen LogP contribution in [0.4, 0.5) is 11.6 Å². The van der Waals surface area contributed by atoms with E-state index in [9.17, 15) is 0 Å². The van der Waals surface area contributed by atoms with E-state index in [-0.39, 0.29) is 0 Å². The van der Waals surface area contributed by atoms with Crippen LogP contribution in [-0.2, 0) is 0 Å². The van der Waals surface area contributed by atoms with E-state index in [2.05, 4.69) is 33.9 Å². The Labute approximate surface area is 96.3 Å². The molecule has 5 nitrogen and oxygen atoms in total. The van der Waals surface area contributed by atoms with Crippen LogP contribution < -0.4 is 10.6 Å². The van der Waals surface area contributed by atoms with Gasteiger partial charge in [-0.1, -0.05) is 0 Å². The summed E-state index contributed by atoms with van der Waals surface area (Å²) in [6.45, 7) is 2.03. The van der Waals surface area contributed by atoms with Gasteiger partial charge in [0.25, 0.3) is 0 Å². The molecule has 1 fully saturated rings. The van der Waals surface area contributed by atoms with E-state index in [0.29, 0.717) is 11.7 Å². The van der Waals surface area contributed by atoms with Crippen molar-refractivity contribution in [3.63, 3.8) is 0 Å². The molecule has 0 aliphatic carbocycles. The summed E-state index contributed by atoms with van der Waals surface area (Å²) in [7, 11) is 4.25. The normalized spacial score (nSPS) is 21.4. The monoisotopic (exact) mass is 221 g/mol. The molecule has 2 N–H and O–H groups in total. The Bertz CT molecular complexity index is 335. The minimum Gasteiger partial charge on any atom is -0.396 e. The maximum Gasteiger partial charge on any atom is 0.225 e. The van der Waals surface area contributed by atoms with E-state index < -0.39 is 0 Å². The van der Waals surface area contributed by atoms with Crippen LogP contribution >= 0.6 is 0 Å². The van der Waals surface area contributed by atoms with E-state index in [1.807, 2.05) is 0 Å². The molecular formula is C11H19N5. The van der Waals surface area contributed by atoms with Gasteiger partial charge in [-0.05, 0) is 26.9 Å². The van der Waals surface area contributed by atoms with Crippen LogP contribution in [0.25, 0.3) is 0 Å². The second-order valence-corrected chi connectivity index (χ2v) is 4.52. The maximum atomic E-state index is 5.58. The molecule has 2 heterocycles. The summed E-state index contributed by atoms with van der Waals surface area (Å²) in [5, 5.41) is 0. The Morgan fingerprint density at radius 1 is 1.38 bits per heavy atom. The van der Waals surface area contributed by atoms with Gasteiger partial charge in [0, 0.05) is 19.1 Å². The predicted molar refractivity (Wildman–Crippen MR) is 65.4 cm³/mol. The van der Waals surface area contributed by atoms with Gasteiger partial charge >= 0.3 is 0 Å². The molecule has 0 bridgehead atoms. The molecule has 0 aromatic carbocycles. The Kier molecular flexibility index (Phi) is 3.24. The lowest BCUT2D eigenvalue weighted by Crippen LogP contribution is -2.45. The second kappa shape index (κ2) is 4.65. The molecule has 1 aliphatic heterocycles. The van der Waals surface area contributed by atoms with Crippen molar-refractivity contribution < 1.29 is 0 Å². The number of aromatic nitrogens is 2. The highest BCUT2D eigenvalue weighted by atomic mass is 15.3. The number of rotatable bonds is 2. The number of hydrogen-bond acceptors (Lipinski definition) is 5. The van der Waals surface area contributed by atoms with Gasteiger partial charge < -0.3 is 15.5 Å². The molecule has 0 radical (unpaired) electrons. The summed E-state index contributed by atoms with van der Waals surface area (Å²) in [6.07, 6.45) is 5.78. The first-order valence-corrected chi connectivity index (χ1v) is 5.65. The van der Waals surface area contributed by atoms with Gasteiger partial charge in [-0.25, -0.2) is 9.97 Å². The fraction of sp³-hybridized carbons (Fsp3) is 0.636. The highest BCUT2D eigenvalue weighted by Crippen LogP contribution is 2.18. The molecule has 1 aromatic rings. The van der Waals surface area contributed by atoms with Crippen LogP contribution in [0, 0.1) is 0 Å². The molecule has 1 saturated heterocycles. The topological polar surface area (TPSA) is 58.3 Å². The molecular weight excluding hydrogens is 202 g/mol. The molecule has 1 unspecified atom stereocenters. The minimum absolute atomic E-state index is 0.593. The summed E-state index contributed by atoms with van der Waals surface area (Å²) < 4.78 is 0. The van der Waals surface area contributed by atoms with Crippen LogP contribution in [0.3, 0.4) is 0 Å². The molecule has 1 aliphatic rings. The van der Waals surface area contributed by atoms with E-state index in [1.54, 1.807) is 12.4 Å². The van der Waals surface area contributed by atoms with Gasteiger partial charge in [-0.3, -0.25) is 0 Å². The zero-order chi connectivity index (χ0) is 11.5. The SMILES string of the molecule is CN(C)C1CCCN(c2ncc(N)cn2)C1. The predicted octanol–water partition coefficient (Wildman–Crippen LogP) is 0.589. The van der Waals surface area contributed by atoms with Gasteiger partial charge in [-0.15, -0.1) is 0 Å². The fourth-order valence-corrected chi connectivity index (χ4v) is 2.05. The van der Waals surface area contributed by atoms with Crippen LogP contribution in [-0.4, -0.2) is 48.1 Å². The van der Waals surface area contributed by atoms with E-state index in [0.717, 1.165) is 19.0 Å². The quantitative estimate of drug-likeness (QED) is 0.792. The van der Waals surface area contributed by atoms with Gasteiger partial charge in [-0.2, -0.15) is 0 Å². The number of nitrogens with zero attached hydrogens (tertiary/aromatic N) is 4. The first-order chi connectivity index (χ1) is 7.66. The largest absolute Gasteiger partial charge is 0.396 e. The number of nitrogens with two attached hydrogens (primary N) is 1. The lowest BCUT2D eigenvalue weighted by Gasteiger charge is -2.36. The Balaban J connectivity index is 2.06. The maximum absolute atomic E-state index is 5.58. The highest BCUT2D eigenvalue weighted by molar-refractivity contribution is 5.38. The standard InChI is InChI=1S/C11H19N5/c1-15(2)10-4-3-5-16(8-10)11-13-6-9(12)7-14-11/h6-7,10H,3-5,8,12H2,1-2H3. The van der Waals surface area contributed by atoms with Crippen molar-refractivity contribution >= 4 is 11.6 Å². The summed E-state index contributed by atoms with van der Waals surface area (Å²) >= 11 is 0. The van der Waals surface area contributed by atoms with Crippen molar-refractivity contribution in [2.75, 3.05) is 37.8 Å². The van der Waals surface area contributed by atoms with Crippen molar-refractivity contribution in [3.05, 3.63) is 12.4 Å². The smallest absolute Gasteiger partial charge is 0.225 e. The van der Waals surface area contributed by atoms with Gasteiger partial charge in [0.2, 0.25) is 5.95 Å². The van der Waals surface area contributed by atoms with Crippen LogP contribution in [0.2, 0.25) is 0 Å². The van der Waals surface area contributed by atoms with Gasteiger partial charge in [0.05, 0.1) is 18.1 Å². The highest BCUT2D eigenvalue weighted by Gasteiger charge is 2.22. The fourth-order valence-electron chi connectivity index (χ4n) is 2.05. The number of nitrogen functional groups attached to an aromatic ring is 1. The summed E-state index contributed by atoms with van der Waals surface area (Å²) in [4.78, 5) is 13.0. The third-order valence-electron chi connectivity index (χ3n) is 3.07. The Morgan fingerprint density at radius 3 is 2.69 bits per heavy atom. The van der Waals surface area contributed by atoms with Crippen molar-refractivity contribution in [2.24, 2.45) is 0 Å². The van der Waals surface area contributed by atoms with Crippen molar-refractivity contribution in [2.45, 2.75) is 18.9 Å². The molecule has 1 atom stereocenters. The third-order valence-corrected chi connectivity index (χ3v) is 3.07. The molecule has 0 amide bonds. The molecule has 2 rings (SSSR count). The average Bonchev–Trinajstić information content (AvgIpc) is 2.30. The van der Waals surface area contributed by atoms with Crippen molar-refractivity contribution in [1.82, 2.24) is 14.9 Å². The summed E-state index contributed by atoms with van der Waals surface area (Å²) in [6, 6.07) is 0.593. The number of piperidine rings is 1. The van der Waals surface area contributed by atoms with Crippen LogP contribution in [0.1, 0.15) is 12.8 Å². The Morgan fingerprint density at radius 2 is 2.06 bits per heavy atom. The zero-order valence-corrected chi connectivity index (χ0v) is 9.93. The lowest BCUT2D eigenvalue weighted by atomic mass is 10.1. The molecule has 0 saturated carbocycles. The second-order valence-electron chi connectivity index (χ2n) is 4.52. The first kappa shape index (κ1) is 11.1. The first-order valence-electron chi connectivity index (χ1n) is 5.65. The van der Waals surface area contributed by atoms with E-state index >= 15 is 0 Å². The van der Waals surface area contributed by atoms with Gasteiger partial charge in [0.15, 0.2) is 0 Å². The van der Waals surface area contributed by atoms with Crippen LogP contribution in [0.5, 0.6) is 0 Å². The molecule has 5 heteroatoms. The Hall–Kier alpha value is -1.36. The van der Waals surface area contributed by atoms with E-state index in [1.165, 1.54) is 12.8 Å².